The van der Waals surface area contributed by atoms with E-state index >= 15 is 0 Å². The molecule has 0 spiro atoms. The van der Waals surface area contributed by atoms with Gasteiger partial charge in [-0.25, -0.2) is 8.42 Å². The molecule has 0 radical (unpaired) electrons. The van der Waals surface area contributed by atoms with Crippen molar-refractivity contribution in [3.63, 3.8) is 0 Å². The van der Waals surface area contributed by atoms with Gasteiger partial charge in [0, 0.05) is 12.6 Å². The minimum absolute atomic E-state index is 0.0601. The summed E-state index contributed by atoms with van der Waals surface area (Å²) in [5.74, 6) is 0.493. The van der Waals surface area contributed by atoms with Crippen LogP contribution in [0.5, 0.6) is 11.5 Å². The lowest BCUT2D eigenvalue weighted by Gasteiger charge is -2.34. The van der Waals surface area contributed by atoms with Crippen molar-refractivity contribution >= 4 is 27.5 Å². The first kappa shape index (κ1) is 33.7. The number of rotatable bonds is 13. The van der Waals surface area contributed by atoms with Gasteiger partial charge in [0.1, 0.15) is 24.1 Å². The van der Waals surface area contributed by atoms with Gasteiger partial charge < -0.3 is 15.0 Å². The summed E-state index contributed by atoms with van der Waals surface area (Å²) in [6.45, 7) is 3.53. The van der Waals surface area contributed by atoms with Crippen LogP contribution >= 0.6 is 0 Å². The van der Waals surface area contributed by atoms with Crippen molar-refractivity contribution in [3.05, 3.63) is 120 Å². The molecule has 246 valence electrons. The predicted molar refractivity (Wildman–Crippen MR) is 185 cm³/mol. The molecule has 2 amide bonds. The third kappa shape index (κ3) is 8.60. The number of hydrogen-bond acceptors (Lipinski definition) is 5. The van der Waals surface area contributed by atoms with E-state index in [9.17, 15) is 18.0 Å². The molecule has 1 saturated carbocycles. The van der Waals surface area contributed by atoms with Gasteiger partial charge in [0.2, 0.25) is 11.8 Å². The van der Waals surface area contributed by atoms with E-state index in [1.165, 1.54) is 12.1 Å². The zero-order chi connectivity index (χ0) is 33.2. The van der Waals surface area contributed by atoms with Crippen molar-refractivity contribution in [1.29, 1.82) is 0 Å². The van der Waals surface area contributed by atoms with Crippen molar-refractivity contribution in [3.8, 4) is 11.5 Å². The Hall–Kier alpha value is -4.63. The van der Waals surface area contributed by atoms with Crippen LogP contribution in [0.4, 0.5) is 5.69 Å². The van der Waals surface area contributed by atoms with E-state index in [4.69, 9.17) is 4.74 Å². The van der Waals surface area contributed by atoms with Crippen LogP contribution in [-0.4, -0.2) is 43.8 Å². The number of nitrogens with one attached hydrogen (secondary N) is 1. The molecule has 5 rings (SSSR count). The first-order valence-corrected chi connectivity index (χ1v) is 17.8. The number of anilines is 1. The Balaban J connectivity index is 1.48. The van der Waals surface area contributed by atoms with Crippen molar-refractivity contribution in [1.82, 2.24) is 10.2 Å². The Labute approximate surface area is 278 Å². The van der Waals surface area contributed by atoms with Crippen LogP contribution in [0.1, 0.15) is 56.6 Å². The number of benzene rings is 4. The third-order valence-electron chi connectivity index (χ3n) is 8.65. The highest BCUT2D eigenvalue weighted by molar-refractivity contribution is 7.92. The van der Waals surface area contributed by atoms with Crippen LogP contribution in [0.3, 0.4) is 0 Å². The van der Waals surface area contributed by atoms with Crippen LogP contribution in [0.2, 0.25) is 0 Å². The molecule has 1 unspecified atom stereocenters. The average molecular weight is 654 g/mol. The molecular weight excluding hydrogens is 611 g/mol. The first-order valence-electron chi connectivity index (χ1n) is 16.3. The van der Waals surface area contributed by atoms with Gasteiger partial charge in [-0.2, -0.15) is 0 Å². The predicted octanol–water partition coefficient (Wildman–Crippen LogP) is 7.24. The monoisotopic (exact) mass is 653 g/mol. The van der Waals surface area contributed by atoms with Gasteiger partial charge in [0.25, 0.3) is 10.0 Å². The second-order valence-electron chi connectivity index (χ2n) is 11.9. The summed E-state index contributed by atoms with van der Waals surface area (Å²) in [7, 11) is -4.17. The normalized spacial score (nSPS) is 14.2. The van der Waals surface area contributed by atoms with Gasteiger partial charge in [-0.3, -0.25) is 13.9 Å². The summed E-state index contributed by atoms with van der Waals surface area (Å²) < 4.78 is 35.4. The van der Waals surface area contributed by atoms with Gasteiger partial charge in [0.15, 0.2) is 0 Å². The van der Waals surface area contributed by atoms with Crippen molar-refractivity contribution in [2.45, 2.75) is 75.9 Å². The summed E-state index contributed by atoms with van der Waals surface area (Å²) in [5, 5.41) is 3.19. The highest BCUT2D eigenvalue weighted by Gasteiger charge is 2.34. The SMILES string of the molecule is CCC(C(=O)NC1CCCCC1)N(Cc1ccccc1C)C(=O)CN(c1ccc(Oc2ccccc2)cc1)S(=O)(=O)c1ccccc1. The second-order valence-corrected chi connectivity index (χ2v) is 13.8. The van der Waals surface area contributed by atoms with Gasteiger partial charge >= 0.3 is 0 Å². The minimum Gasteiger partial charge on any atom is -0.457 e. The van der Waals surface area contributed by atoms with Crippen LogP contribution in [0.25, 0.3) is 0 Å². The van der Waals surface area contributed by atoms with E-state index in [0.717, 1.165) is 47.5 Å². The van der Waals surface area contributed by atoms with Gasteiger partial charge in [-0.15, -0.1) is 0 Å². The van der Waals surface area contributed by atoms with E-state index in [-0.39, 0.29) is 23.4 Å². The number of carbonyl (C=O) groups excluding carboxylic acids is 2. The van der Waals surface area contributed by atoms with Crippen molar-refractivity contribution in [2.75, 3.05) is 10.8 Å². The lowest BCUT2D eigenvalue weighted by Crippen LogP contribution is -2.54. The van der Waals surface area contributed by atoms with Gasteiger partial charge in [-0.1, -0.05) is 86.8 Å². The van der Waals surface area contributed by atoms with Gasteiger partial charge in [0.05, 0.1) is 10.6 Å². The molecule has 0 bridgehead atoms. The third-order valence-corrected chi connectivity index (χ3v) is 10.4. The topological polar surface area (TPSA) is 96.0 Å². The fourth-order valence-corrected chi connectivity index (χ4v) is 7.42. The molecule has 4 aromatic rings. The van der Waals surface area contributed by atoms with Crippen LogP contribution in [0.15, 0.2) is 114 Å². The van der Waals surface area contributed by atoms with E-state index in [0.29, 0.717) is 23.6 Å². The van der Waals surface area contributed by atoms with E-state index < -0.39 is 28.5 Å². The Morgan fingerprint density at radius 2 is 1.40 bits per heavy atom. The quantitative estimate of drug-likeness (QED) is 0.164. The zero-order valence-corrected chi connectivity index (χ0v) is 27.9. The molecule has 1 N–H and O–H groups in total. The average Bonchev–Trinajstić information content (AvgIpc) is 3.09. The first-order chi connectivity index (χ1) is 22.8. The molecule has 0 aliphatic heterocycles. The molecule has 0 aromatic heterocycles. The Morgan fingerprint density at radius 1 is 0.809 bits per heavy atom. The Morgan fingerprint density at radius 3 is 2.04 bits per heavy atom. The molecule has 47 heavy (non-hydrogen) atoms. The molecule has 8 nitrogen and oxygen atoms in total. The summed E-state index contributed by atoms with van der Waals surface area (Å²) in [5.41, 5.74) is 2.18. The number of sulfonamides is 1. The number of aryl methyl sites for hydroxylation is 1. The molecule has 1 fully saturated rings. The van der Waals surface area contributed by atoms with E-state index in [2.05, 4.69) is 5.32 Å². The molecular formula is C38H43N3O5S. The number of carbonyl (C=O) groups is 2. The summed E-state index contributed by atoms with van der Waals surface area (Å²) in [6, 6.07) is 31.0. The molecule has 1 aliphatic carbocycles. The van der Waals surface area contributed by atoms with Crippen molar-refractivity contribution in [2.24, 2.45) is 0 Å². The molecule has 0 saturated heterocycles. The smallest absolute Gasteiger partial charge is 0.264 e. The summed E-state index contributed by atoms with van der Waals surface area (Å²) in [6.07, 6.45) is 5.51. The fourth-order valence-electron chi connectivity index (χ4n) is 5.99. The minimum atomic E-state index is -4.17. The van der Waals surface area contributed by atoms with Crippen LogP contribution < -0.4 is 14.4 Å². The van der Waals surface area contributed by atoms with Crippen LogP contribution in [0, 0.1) is 6.92 Å². The number of para-hydroxylation sites is 1. The number of amides is 2. The molecule has 1 atom stereocenters. The Kier molecular flexibility index (Phi) is 11.3. The maximum atomic E-state index is 14.4. The Bertz CT molecular complexity index is 1720. The number of nitrogens with zero attached hydrogens (tertiary/aromatic N) is 2. The van der Waals surface area contributed by atoms with E-state index in [1.54, 1.807) is 47.4 Å². The second kappa shape index (κ2) is 15.8. The largest absolute Gasteiger partial charge is 0.457 e. The highest BCUT2D eigenvalue weighted by Crippen LogP contribution is 2.29. The molecule has 0 heterocycles. The lowest BCUT2D eigenvalue weighted by atomic mass is 9.95. The van der Waals surface area contributed by atoms with E-state index in [1.807, 2.05) is 68.4 Å². The zero-order valence-electron chi connectivity index (χ0n) is 27.0. The maximum absolute atomic E-state index is 14.4. The van der Waals surface area contributed by atoms with Gasteiger partial charge in [-0.05, 0) is 85.8 Å². The van der Waals surface area contributed by atoms with Crippen LogP contribution in [-0.2, 0) is 26.2 Å². The molecule has 9 heteroatoms. The summed E-state index contributed by atoms with van der Waals surface area (Å²) >= 11 is 0. The molecule has 1 aliphatic rings. The number of ether oxygens (including phenoxy) is 1. The lowest BCUT2D eigenvalue weighted by molar-refractivity contribution is -0.140. The number of hydrogen-bond donors (Lipinski definition) is 1. The fraction of sp³-hybridized carbons (Fsp3) is 0.316. The standard InChI is InChI=1S/C38H43N3O5S/c1-3-36(38(43)39-31-17-7-4-8-18-31)40(27-30-16-14-13-15-29(30)2)37(42)28-41(47(44,45)35-21-11-6-12-22-35)32-23-25-34(26-24-32)46-33-19-9-5-10-20-33/h5-6,9-16,19-26,31,36H,3-4,7-8,17-18,27-28H2,1-2H3,(H,39,43). The van der Waals surface area contributed by atoms with Crippen molar-refractivity contribution < 1.29 is 22.7 Å². The highest BCUT2D eigenvalue weighted by atomic mass is 32.2. The summed E-state index contributed by atoms with van der Waals surface area (Å²) in [4.78, 5) is 29.8. The molecule has 4 aromatic carbocycles. The maximum Gasteiger partial charge on any atom is 0.264 e.